The standard InChI is InChI=1S/C23H25N5O3S2/c1-4-11-28-20(17-12-16(17)15-9-7-6-8-10-15)26-27-23(28)32-13-18(29)25-22-24-14(3)19(33-22)21(30)31-5-2/h4,6-10,16-17H,1,5,11-13H2,2-3H3,(H,24,25,29). The highest BCUT2D eigenvalue weighted by Gasteiger charge is 2.43. The van der Waals surface area contributed by atoms with E-state index in [0.717, 1.165) is 23.6 Å². The molecule has 1 aliphatic carbocycles. The van der Waals surface area contributed by atoms with E-state index >= 15 is 0 Å². The van der Waals surface area contributed by atoms with Crippen molar-refractivity contribution in [2.45, 2.75) is 43.8 Å². The molecule has 0 spiro atoms. The van der Waals surface area contributed by atoms with Gasteiger partial charge in [0.05, 0.1) is 18.1 Å². The Bertz CT molecular complexity index is 1160. The lowest BCUT2D eigenvalue weighted by Crippen LogP contribution is -2.14. The molecule has 3 aromatic rings. The fraction of sp³-hybridized carbons (Fsp3) is 0.348. The van der Waals surface area contributed by atoms with Gasteiger partial charge in [-0.2, -0.15) is 0 Å². The maximum atomic E-state index is 12.5. The first kappa shape index (κ1) is 23.2. The average Bonchev–Trinajstić information content (AvgIpc) is 3.37. The SMILES string of the molecule is C=CCn1c(SCC(=O)Nc2nc(C)c(C(=O)OCC)s2)nnc1C1CC1c1ccccc1. The Balaban J connectivity index is 1.39. The highest BCUT2D eigenvalue weighted by Crippen LogP contribution is 2.54. The lowest BCUT2D eigenvalue weighted by molar-refractivity contribution is -0.113. The van der Waals surface area contributed by atoms with Crippen LogP contribution in [0.3, 0.4) is 0 Å². The van der Waals surface area contributed by atoms with Crippen molar-refractivity contribution in [1.29, 1.82) is 0 Å². The fourth-order valence-electron chi connectivity index (χ4n) is 3.65. The number of anilines is 1. The smallest absolute Gasteiger partial charge is 0.350 e. The summed E-state index contributed by atoms with van der Waals surface area (Å²) in [6.45, 7) is 8.18. The predicted octanol–water partition coefficient (Wildman–Crippen LogP) is 4.41. The Kier molecular flexibility index (Phi) is 7.24. The Morgan fingerprint density at radius 2 is 2.09 bits per heavy atom. The van der Waals surface area contributed by atoms with Crippen LogP contribution in [0.5, 0.6) is 0 Å². The van der Waals surface area contributed by atoms with Crippen LogP contribution in [0.25, 0.3) is 0 Å². The molecule has 33 heavy (non-hydrogen) atoms. The van der Waals surface area contributed by atoms with E-state index in [2.05, 4.69) is 51.3 Å². The van der Waals surface area contributed by atoms with E-state index in [4.69, 9.17) is 4.74 Å². The van der Waals surface area contributed by atoms with Gasteiger partial charge in [-0.1, -0.05) is 59.5 Å². The van der Waals surface area contributed by atoms with Crippen molar-refractivity contribution in [3.05, 3.63) is 64.9 Å². The second kappa shape index (κ2) is 10.3. The number of thiazole rings is 1. The van der Waals surface area contributed by atoms with Crippen LogP contribution in [0.2, 0.25) is 0 Å². The number of carbonyl (C=O) groups excluding carboxylic acids is 2. The molecule has 2 atom stereocenters. The molecule has 0 saturated heterocycles. The Hall–Kier alpha value is -2.98. The van der Waals surface area contributed by atoms with E-state index in [0.29, 0.717) is 39.2 Å². The van der Waals surface area contributed by atoms with E-state index in [1.165, 1.54) is 17.3 Å². The summed E-state index contributed by atoms with van der Waals surface area (Å²) in [5.74, 6) is 1.19. The lowest BCUT2D eigenvalue weighted by atomic mass is 10.1. The second-order valence-electron chi connectivity index (χ2n) is 7.59. The number of nitrogens with zero attached hydrogens (tertiary/aromatic N) is 4. The van der Waals surface area contributed by atoms with Gasteiger partial charge in [-0.05, 0) is 31.7 Å². The van der Waals surface area contributed by atoms with E-state index in [-0.39, 0.29) is 18.3 Å². The van der Waals surface area contributed by atoms with Crippen molar-refractivity contribution < 1.29 is 14.3 Å². The molecule has 172 valence electrons. The van der Waals surface area contributed by atoms with Crippen molar-refractivity contribution in [1.82, 2.24) is 19.7 Å². The molecule has 1 saturated carbocycles. The van der Waals surface area contributed by atoms with Crippen molar-refractivity contribution in [2.24, 2.45) is 0 Å². The summed E-state index contributed by atoms with van der Waals surface area (Å²) in [4.78, 5) is 29.1. The summed E-state index contributed by atoms with van der Waals surface area (Å²) in [7, 11) is 0. The van der Waals surface area contributed by atoms with E-state index < -0.39 is 5.97 Å². The highest BCUT2D eigenvalue weighted by atomic mass is 32.2. The largest absolute Gasteiger partial charge is 0.462 e. The summed E-state index contributed by atoms with van der Waals surface area (Å²) in [6, 6.07) is 10.4. The van der Waals surface area contributed by atoms with E-state index in [1.54, 1.807) is 13.8 Å². The molecule has 2 heterocycles. The van der Waals surface area contributed by atoms with Crippen molar-refractivity contribution in [3.8, 4) is 0 Å². The number of esters is 1. The number of aryl methyl sites for hydroxylation is 1. The lowest BCUT2D eigenvalue weighted by Gasteiger charge is -2.07. The number of nitrogens with one attached hydrogen (secondary N) is 1. The van der Waals surface area contributed by atoms with Crippen LogP contribution in [-0.2, 0) is 16.1 Å². The zero-order valence-electron chi connectivity index (χ0n) is 18.5. The number of carbonyl (C=O) groups is 2. The summed E-state index contributed by atoms with van der Waals surface area (Å²) in [5, 5.41) is 12.6. The van der Waals surface area contributed by atoms with E-state index in [9.17, 15) is 9.59 Å². The number of rotatable bonds is 10. The Labute approximate surface area is 200 Å². The average molecular weight is 484 g/mol. The van der Waals surface area contributed by atoms with Crippen LogP contribution in [0, 0.1) is 6.92 Å². The number of amides is 1. The molecule has 0 bridgehead atoms. The van der Waals surface area contributed by atoms with Gasteiger partial charge in [0, 0.05) is 12.5 Å². The second-order valence-corrected chi connectivity index (χ2v) is 9.53. The van der Waals surface area contributed by atoms with E-state index in [1.807, 2.05) is 16.7 Å². The van der Waals surface area contributed by atoms with Gasteiger partial charge in [0.2, 0.25) is 5.91 Å². The normalized spacial score (nSPS) is 16.9. The third-order valence-electron chi connectivity index (χ3n) is 5.24. The zero-order valence-corrected chi connectivity index (χ0v) is 20.1. The number of thioether (sulfide) groups is 1. The first-order chi connectivity index (χ1) is 16.0. The van der Waals surface area contributed by atoms with Crippen molar-refractivity contribution in [2.75, 3.05) is 17.7 Å². The molecule has 1 aliphatic rings. The number of hydrogen-bond acceptors (Lipinski definition) is 8. The van der Waals surface area contributed by atoms with Gasteiger partial charge in [0.15, 0.2) is 10.3 Å². The minimum absolute atomic E-state index is 0.148. The Morgan fingerprint density at radius 1 is 1.30 bits per heavy atom. The Morgan fingerprint density at radius 3 is 2.82 bits per heavy atom. The maximum absolute atomic E-state index is 12.5. The molecule has 2 aromatic heterocycles. The van der Waals surface area contributed by atoms with Crippen LogP contribution in [0.15, 0.2) is 48.1 Å². The van der Waals surface area contributed by atoms with Gasteiger partial charge < -0.3 is 14.6 Å². The molecule has 10 heteroatoms. The van der Waals surface area contributed by atoms with Crippen molar-refractivity contribution in [3.63, 3.8) is 0 Å². The van der Waals surface area contributed by atoms with Gasteiger partial charge in [0.25, 0.3) is 0 Å². The molecule has 8 nitrogen and oxygen atoms in total. The highest BCUT2D eigenvalue weighted by molar-refractivity contribution is 7.99. The molecule has 0 aliphatic heterocycles. The molecule has 1 N–H and O–H groups in total. The summed E-state index contributed by atoms with van der Waals surface area (Å²) < 4.78 is 7.05. The number of ether oxygens (including phenoxy) is 1. The number of benzene rings is 1. The third-order valence-corrected chi connectivity index (χ3v) is 7.26. The quantitative estimate of drug-likeness (QED) is 0.259. The van der Waals surface area contributed by atoms with Gasteiger partial charge in [-0.3, -0.25) is 4.79 Å². The maximum Gasteiger partial charge on any atom is 0.350 e. The van der Waals surface area contributed by atoms with Gasteiger partial charge >= 0.3 is 5.97 Å². The van der Waals surface area contributed by atoms with Gasteiger partial charge in [0.1, 0.15) is 10.7 Å². The first-order valence-electron chi connectivity index (χ1n) is 10.7. The molecule has 4 rings (SSSR count). The first-order valence-corrected chi connectivity index (χ1v) is 12.5. The van der Waals surface area contributed by atoms with Crippen LogP contribution >= 0.6 is 23.1 Å². The van der Waals surface area contributed by atoms with Crippen LogP contribution in [-0.4, -0.2) is 44.0 Å². The molecule has 0 radical (unpaired) electrons. The topological polar surface area (TPSA) is 99.0 Å². The zero-order chi connectivity index (χ0) is 23.4. The monoisotopic (exact) mass is 483 g/mol. The number of allylic oxidation sites excluding steroid dienone is 1. The minimum Gasteiger partial charge on any atom is -0.462 e. The van der Waals surface area contributed by atoms with Gasteiger partial charge in [-0.25, -0.2) is 9.78 Å². The van der Waals surface area contributed by atoms with Crippen molar-refractivity contribution >= 4 is 40.1 Å². The molecule has 1 amide bonds. The summed E-state index contributed by atoms with van der Waals surface area (Å²) in [5.41, 5.74) is 1.85. The number of hydrogen-bond donors (Lipinski definition) is 1. The van der Waals surface area contributed by atoms with Gasteiger partial charge in [-0.15, -0.1) is 16.8 Å². The number of aromatic nitrogens is 4. The van der Waals surface area contributed by atoms with Crippen LogP contribution < -0.4 is 5.32 Å². The predicted molar refractivity (Wildman–Crippen MR) is 129 cm³/mol. The third kappa shape index (κ3) is 5.33. The minimum atomic E-state index is -0.429. The molecular formula is C23H25N5O3S2. The molecular weight excluding hydrogens is 458 g/mol. The van der Waals surface area contributed by atoms with Crippen LogP contribution in [0.1, 0.15) is 51.9 Å². The molecule has 1 fully saturated rings. The summed E-state index contributed by atoms with van der Waals surface area (Å²) >= 11 is 2.43. The van der Waals surface area contributed by atoms with Crippen LogP contribution in [0.4, 0.5) is 5.13 Å². The molecule has 1 aromatic carbocycles. The summed E-state index contributed by atoms with van der Waals surface area (Å²) in [6.07, 6.45) is 2.85. The molecule has 2 unspecified atom stereocenters. The fourth-order valence-corrected chi connectivity index (χ4v) is 5.28.